The SMILES string of the molecule is O=C(O)COc1c(C(=O)O)sc(-c2cccc(OCC3CCN(C(=O)Nc4cc(Cl)ccc4[N+](=O)[O-])CC3)c2)c1Cl. The number of amides is 2. The van der Waals surface area contributed by atoms with Gasteiger partial charge in [-0.3, -0.25) is 10.1 Å². The number of carbonyl (C=O) groups excluding carboxylic acids is 1. The molecule has 1 aliphatic heterocycles. The lowest BCUT2D eigenvalue weighted by Gasteiger charge is -2.31. The van der Waals surface area contributed by atoms with Crippen molar-refractivity contribution in [2.75, 3.05) is 31.6 Å². The van der Waals surface area contributed by atoms with Crippen LogP contribution in [0, 0.1) is 16.0 Å². The Balaban J connectivity index is 1.35. The van der Waals surface area contributed by atoms with Gasteiger partial charge in [-0.1, -0.05) is 35.3 Å². The summed E-state index contributed by atoms with van der Waals surface area (Å²) >= 11 is 13.2. The van der Waals surface area contributed by atoms with Gasteiger partial charge in [-0.25, -0.2) is 14.4 Å². The van der Waals surface area contributed by atoms with Gasteiger partial charge in [-0.2, -0.15) is 0 Å². The molecular formula is C26H23Cl2N3O9S. The Bertz CT molecular complexity index is 1490. The molecule has 2 heterocycles. The minimum Gasteiger partial charge on any atom is -0.493 e. The third-order valence-electron chi connectivity index (χ3n) is 6.22. The molecule has 3 aromatic rings. The van der Waals surface area contributed by atoms with Crippen LogP contribution in [0.25, 0.3) is 10.4 Å². The van der Waals surface area contributed by atoms with Gasteiger partial charge in [-0.15, -0.1) is 11.3 Å². The topological polar surface area (TPSA) is 169 Å². The van der Waals surface area contributed by atoms with Gasteiger partial charge in [-0.05, 0) is 48.6 Å². The van der Waals surface area contributed by atoms with Gasteiger partial charge < -0.3 is 29.9 Å². The number of nitro groups is 1. The number of rotatable bonds is 10. The second-order valence-electron chi connectivity index (χ2n) is 9.01. The molecule has 2 aromatic carbocycles. The Labute approximate surface area is 247 Å². The van der Waals surface area contributed by atoms with Crippen molar-refractivity contribution in [3.05, 3.63) is 67.5 Å². The molecule has 0 unspecified atom stereocenters. The summed E-state index contributed by atoms with van der Waals surface area (Å²) in [6, 6.07) is 10.4. The number of benzene rings is 2. The molecule has 1 saturated heterocycles. The van der Waals surface area contributed by atoms with Gasteiger partial charge in [0, 0.05) is 24.2 Å². The van der Waals surface area contributed by atoms with Crippen molar-refractivity contribution >= 4 is 63.9 Å². The van der Waals surface area contributed by atoms with Crippen LogP contribution in [0.4, 0.5) is 16.2 Å². The van der Waals surface area contributed by atoms with Crippen LogP contribution in [0.5, 0.6) is 11.5 Å². The predicted molar refractivity (Wildman–Crippen MR) is 152 cm³/mol. The van der Waals surface area contributed by atoms with Crippen LogP contribution in [-0.2, 0) is 4.79 Å². The van der Waals surface area contributed by atoms with E-state index in [2.05, 4.69) is 5.32 Å². The number of urea groups is 1. The molecular weight excluding hydrogens is 601 g/mol. The number of hydrogen-bond acceptors (Lipinski definition) is 8. The van der Waals surface area contributed by atoms with Crippen molar-refractivity contribution in [2.45, 2.75) is 12.8 Å². The van der Waals surface area contributed by atoms with Gasteiger partial charge in [0.1, 0.15) is 16.5 Å². The number of aromatic carboxylic acids is 1. The van der Waals surface area contributed by atoms with Crippen LogP contribution in [0.2, 0.25) is 10.0 Å². The average Bonchev–Trinajstić information content (AvgIpc) is 3.27. The van der Waals surface area contributed by atoms with Crippen molar-refractivity contribution in [2.24, 2.45) is 5.92 Å². The van der Waals surface area contributed by atoms with Gasteiger partial charge in [0.05, 0.1) is 16.4 Å². The first-order valence-electron chi connectivity index (χ1n) is 12.2. The maximum atomic E-state index is 12.7. The van der Waals surface area contributed by atoms with Crippen LogP contribution in [0.1, 0.15) is 22.5 Å². The third kappa shape index (κ3) is 7.37. The highest BCUT2D eigenvalue weighted by molar-refractivity contribution is 7.18. The Morgan fingerprint density at radius 2 is 1.83 bits per heavy atom. The molecule has 0 atom stereocenters. The number of nitro benzene ring substituents is 1. The van der Waals surface area contributed by atoms with Crippen LogP contribution in [0.15, 0.2) is 42.5 Å². The number of aliphatic carboxylic acids is 1. The molecule has 2 amide bonds. The van der Waals surface area contributed by atoms with Gasteiger partial charge in [0.25, 0.3) is 5.69 Å². The van der Waals surface area contributed by atoms with E-state index in [4.69, 9.17) is 37.8 Å². The van der Waals surface area contributed by atoms with Crippen molar-refractivity contribution in [1.82, 2.24) is 4.90 Å². The summed E-state index contributed by atoms with van der Waals surface area (Å²) in [4.78, 5) is 47.7. The number of carboxylic acid groups (broad SMARTS) is 2. The van der Waals surface area contributed by atoms with Gasteiger partial charge in [0.15, 0.2) is 17.2 Å². The third-order valence-corrected chi connectivity index (χ3v) is 8.14. The monoisotopic (exact) mass is 623 g/mol. The maximum Gasteiger partial charge on any atom is 0.349 e. The Kier molecular flexibility index (Phi) is 9.53. The van der Waals surface area contributed by atoms with Gasteiger partial charge in [0.2, 0.25) is 0 Å². The zero-order valence-electron chi connectivity index (χ0n) is 21.2. The maximum absolute atomic E-state index is 12.7. The molecule has 0 radical (unpaired) electrons. The second-order valence-corrected chi connectivity index (χ2v) is 10.8. The Hall–Kier alpha value is -4.07. The number of ether oxygens (including phenoxy) is 2. The molecule has 15 heteroatoms. The first-order chi connectivity index (χ1) is 19.5. The van der Waals surface area contributed by atoms with Crippen molar-refractivity contribution < 1.29 is 39.0 Å². The van der Waals surface area contributed by atoms with E-state index < -0.39 is 29.5 Å². The zero-order valence-corrected chi connectivity index (χ0v) is 23.5. The molecule has 1 aliphatic rings. The van der Waals surface area contributed by atoms with E-state index >= 15 is 0 Å². The second kappa shape index (κ2) is 13.1. The standard InChI is InChI=1S/C26H23Cl2N3O9S/c27-16-4-5-19(31(37)38)18(11-16)29-26(36)30-8-6-14(7-9-30)12-39-17-3-1-2-15(10-17)23-21(28)22(40-13-20(32)33)24(41-23)25(34)35/h1-5,10-11,14H,6-9,12-13H2,(H,29,36)(H,32,33)(H,34,35). The fourth-order valence-electron chi connectivity index (χ4n) is 4.19. The zero-order chi connectivity index (χ0) is 29.7. The van der Waals surface area contributed by atoms with E-state index in [1.54, 1.807) is 29.2 Å². The number of carbonyl (C=O) groups is 3. The minimum atomic E-state index is -1.29. The number of halogens is 2. The van der Waals surface area contributed by atoms with E-state index in [-0.39, 0.29) is 38.0 Å². The number of thiophene rings is 1. The van der Waals surface area contributed by atoms with E-state index in [0.29, 0.717) is 48.7 Å². The summed E-state index contributed by atoms with van der Waals surface area (Å²) in [6.45, 7) is 0.483. The summed E-state index contributed by atoms with van der Waals surface area (Å²) < 4.78 is 11.1. The lowest BCUT2D eigenvalue weighted by atomic mass is 9.98. The van der Waals surface area contributed by atoms with Crippen LogP contribution >= 0.6 is 34.5 Å². The summed E-state index contributed by atoms with van der Waals surface area (Å²) in [5.41, 5.74) is 0.354. The highest BCUT2D eigenvalue weighted by Gasteiger charge is 2.27. The molecule has 4 rings (SSSR count). The lowest BCUT2D eigenvalue weighted by molar-refractivity contribution is -0.383. The van der Waals surface area contributed by atoms with Crippen LogP contribution < -0.4 is 14.8 Å². The first kappa shape index (κ1) is 29.9. The number of likely N-dealkylation sites (tertiary alicyclic amines) is 1. The minimum absolute atomic E-state index is 0.000412. The number of hydrogen-bond donors (Lipinski definition) is 3. The molecule has 0 spiro atoms. The van der Waals surface area contributed by atoms with Crippen LogP contribution in [-0.4, -0.2) is 64.3 Å². The molecule has 12 nitrogen and oxygen atoms in total. The fraction of sp³-hybridized carbons (Fsp3) is 0.269. The summed E-state index contributed by atoms with van der Waals surface area (Å²) in [5.74, 6) is -2.10. The number of nitrogens with zero attached hydrogens (tertiary/aromatic N) is 2. The van der Waals surface area contributed by atoms with E-state index in [1.165, 1.54) is 18.2 Å². The number of piperidine rings is 1. The highest BCUT2D eigenvalue weighted by atomic mass is 35.5. The van der Waals surface area contributed by atoms with E-state index in [0.717, 1.165) is 11.3 Å². The quantitative estimate of drug-likeness (QED) is 0.178. The molecule has 0 saturated carbocycles. The summed E-state index contributed by atoms with van der Waals surface area (Å²) in [5, 5.41) is 32.5. The largest absolute Gasteiger partial charge is 0.493 e. The average molecular weight is 624 g/mol. The predicted octanol–water partition coefficient (Wildman–Crippen LogP) is 6.11. The fourth-order valence-corrected chi connectivity index (χ4v) is 5.77. The number of anilines is 1. The molecule has 216 valence electrons. The molecule has 41 heavy (non-hydrogen) atoms. The Morgan fingerprint density at radius 1 is 1.10 bits per heavy atom. The molecule has 1 aromatic heterocycles. The summed E-state index contributed by atoms with van der Waals surface area (Å²) in [7, 11) is 0. The van der Waals surface area contributed by atoms with Gasteiger partial charge >= 0.3 is 18.0 Å². The number of carboxylic acids is 2. The van der Waals surface area contributed by atoms with E-state index in [9.17, 15) is 29.6 Å². The normalized spacial score (nSPS) is 13.5. The van der Waals surface area contributed by atoms with Crippen molar-refractivity contribution in [1.29, 1.82) is 0 Å². The molecule has 0 bridgehead atoms. The van der Waals surface area contributed by atoms with Crippen molar-refractivity contribution in [3.63, 3.8) is 0 Å². The molecule has 1 fully saturated rings. The first-order valence-corrected chi connectivity index (χ1v) is 13.7. The van der Waals surface area contributed by atoms with Crippen LogP contribution in [0.3, 0.4) is 0 Å². The smallest absolute Gasteiger partial charge is 0.349 e. The van der Waals surface area contributed by atoms with E-state index in [1.807, 2.05) is 0 Å². The Morgan fingerprint density at radius 3 is 2.49 bits per heavy atom. The molecule has 0 aliphatic carbocycles. The highest BCUT2D eigenvalue weighted by Crippen LogP contribution is 2.46. The lowest BCUT2D eigenvalue weighted by Crippen LogP contribution is -2.42. The molecule has 3 N–H and O–H groups in total. The van der Waals surface area contributed by atoms with Crippen molar-refractivity contribution in [3.8, 4) is 21.9 Å². The summed E-state index contributed by atoms with van der Waals surface area (Å²) in [6.07, 6.45) is 1.29. The number of nitrogens with one attached hydrogen (secondary N) is 1.